The molecule has 0 fully saturated rings. The second-order valence-corrected chi connectivity index (χ2v) is 9.36. The first-order valence-corrected chi connectivity index (χ1v) is 13.5. The lowest BCUT2D eigenvalue weighted by molar-refractivity contribution is -0.194. The molecule has 0 aromatic heterocycles. The molecule has 0 saturated carbocycles. The van der Waals surface area contributed by atoms with E-state index in [1.807, 2.05) is 48.5 Å². The van der Waals surface area contributed by atoms with E-state index in [1.54, 1.807) is 12.2 Å². The van der Waals surface area contributed by atoms with Crippen LogP contribution >= 0.6 is 0 Å². The van der Waals surface area contributed by atoms with E-state index >= 15 is 0 Å². The van der Waals surface area contributed by atoms with Crippen molar-refractivity contribution in [1.29, 1.82) is 0 Å². The van der Waals surface area contributed by atoms with Gasteiger partial charge in [-0.15, -0.1) is 5.06 Å². The maximum Gasteiger partial charge on any atom is 0.322 e. The number of ether oxygens (including phenoxy) is 1. The maximum atomic E-state index is 12.5. The molecule has 36 heavy (non-hydrogen) atoms. The van der Waals surface area contributed by atoms with Gasteiger partial charge < -0.3 is 14.9 Å². The highest BCUT2D eigenvalue weighted by molar-refractivity contribution is 5.94. The van der Waals surface area contributed by atoms with Crippen molar-refractivity contribution in [2.45, 2.75) is 91.1 Å². The first-order valence-electron chi connectivity index (χ1n) is 13.5. The number of benzene rings is 2. The first kappa shape index (κ1) is 29.4. The molecular weight excluding hydrogens is 452 g/mol. The number of nitrogens with one attached hydrogen (secondary N) is 1. The van der Waals surface area contributed by atoms with Crippen LogP contribution in [0.4, 0.5) is 0 Å². The van der Waals surface area contributed by atoms with Crippen LogP contribution in [0.2, 0.25) is 0 Å². The number of rotatable bonds is 18. The van der Waals surface area contributed by atoms with Crippen LogP contribution < -0.4 is 10.1 Å². The molecule has 0 spiro atoms. The summed E-state index contributed by atoms with van der Waals surface area (Å²) in [4.78, 5) is 29.5. The highest BCUT2D eigenvalue weighted by Crippen LogP contribution is 2.16. The van der Waals surface area contributed by atoms with Crippen molar-refractivity contribution in [3.05, 3.63) is 65.2 Å². The average molecular weight is 497 g/mol. The number of carbonyl (C=O) groups excluding carboxylic acids is 2. The monoisotopic (exact) mass is 496 g/mol. The topological polar surface area (TPSA) is 67.9 Å². The molecule has 2 aromatic carbocycles. The summed E-state index contributed by atoms with van der Waals surface area (Å²) < 4.78 is 5.20. The van der Waals surface area contributed by atoms with Crippen LogP contribution in [0.5, 0.6) is 5.75 Å². The molecule has 0 aliphatic rings. The lowest BCUT2D eigenvalue weighted by Crippen LogP contribution is -2.26. The van der Waals surface area contributed by atoms with Gasteiger partial charge in [0.1, 0.15) is 5.75 Å². The van der Waals surface area contributed by atoms with E-state index < -0.39 is 0 Å². The number of methoxy groups -OCH3 is 1. The molecule has 2 rings (SSSR count). The predicted octanol–water partition coefficient (Wildman–Crippen LogP) is 6.83. The third-order valence-electron chi connectivity index (χ3n) is 6.17. The van der Waals surface area contributed by atoms with Gasteiger partial charge in [0.05, 0.1) is 20.2 Å². The second-order valence-electron chi connectivity index (χ2n) is 9.36. The van der Waals surface area contributed by atoms with Crippen LogP contribution in [0.1, 0.15) is 99.5 Å². The summed E-state index contributed by atoms with van der Waals surface area (Å²) in [5, 5.41) is 4.64. The van der Waals surface area contributed by atoms with Gasteiger partial charge in [0.25, 0.3) is 5.91 Å². The van der Waals surface area contributed by atoms with E-state index in [2.05, 4.69) is 12.2 Å². The Labute approximate surface area is 217 Å². The average Bonchev–Trinajstić information content (AvgIpc) is 2.87. The van der Waals surface area contributed by atoms with E-state index in [4.69, 9.17) is 9.57 Å². The minimum Gasteiger partial charge on any atom is -0.497 e. The van der Waals surface area contributed by atoms with Crippen LogP contribution in [0.15, 0.2) is 48.5 Å². The molecule has 1 amide bonds. The van der Waals surface area contributed by atoms with Gasteiger partial charge in [-0.1, -0.05) is 89.0 Å². The molecule has 0 heterocycles. The van der Waals surface area contributed by atoms with Crippen molar-refractivity contribution in [3.8, 4) is 5.75 Å². The fourth-order valence-corrected chi connectivity index (χ4v) is 4.12. The quantitative estimate of drug-likeness (QED) is 0.181. The molecule has 198 valence electrons. The van der Waals surface area contributed by atoms with Gasteiger partial charge in [-0.25, -0.2) is 0 Å². The highest BCUT2D eigenvalue weighted by Gasteiger charge is 2.12. The standard InChI is InChI=1S/C30H44N2O4/c1-4-5-6-7-8-9-10-11-12-13-22-31-30(34)28-18-14-26(15-19-28)23-32(36-25(2)33)24-27-16-20-29(35-3)21-17-27/h14-21H,4-13,22-24H2,1-3H3,(H,31,34). The number of nitrogens with zero attached hydrogens (tertiary/aromatic N) is 1. The van der Waals surface area contributed by atoms with Crippen molar-refractivity contribution < 1.29 is 19.2 Å². The van der Waals surface area contributed by atoms with Crippen LogP contribution in [0, 0.1) is 0 Å². The number of hydroxylamine groups is 2. The van der Waals surface area contributed by atoms with Crippen molar-refractivity contribution in [2.75, 3.05) is 13.7 Å². The van der Waals surface area contributed by atoms with E-state index in [9.17, 15) is 9.59 Å². The summed E-state index contributed by atoms with van der Waals surface area (Å²) in [6, 6.07) is 15.1. The summed E-state index contributed by atoms with van der Waals surface area (Å²) in [6.45, 7) is 5.22. The predicted molar refractivity (Wildman–Crippen MR) is 145 cm³/mol. The minimum absolute atomic E-state index is 0.0486. The molecule has 0 aliphatic heterocycles. The maximum absolute atomic E-state index is 12.5. The van der Waals surface area contributed by atoms with Crippen molar-refractivity contribution in [1.82, 2.24) is 10.4 Å². The highest BCUT2D eigenvalue weighted by atomic mass is 16.7. The number of hydrogen-bond donors (Lipinski definition) is 1. The molecule has 2 aromatic rings. The zero-order valence-corrected chi connectivity index (χ0v) is 22.4. The summed E-state index contributed by atoms with van der Waals surface area (Å²) in [5.74, 6) is 0.360. The molecule has 0 saturated heterocycles. The molecule has 6 heteroatoms. The Balaban J connectivity index is 1.71. The lowest BCUT2D eigenvalue weighted by Gasteiger charge is -2.21. The van der Waals surface area contributed by atoms with Crippen LogP contribution in [-0.4, -0.2) is 30.6 Å². The molecule has 0 radical (unpaired) electrons. The third-order valence-corrected chi connectivity index (χ3v) is 6.17. The largest absolute Gasteiger partial charge is 0.497 e. The van der Waals surface area contributed by atoms with Crippen molar-refractivity contribution in [3.63, 3.8) is 0 Å². The van der Waals surface area contributed by atoms with Gasteiger partial charge >= 0.3 is 5.97 Å². The normalized spacial score (nSPS) is 10.9. The van der Waals surface area contributed by atoms with E-state index in [0.29, 0.717) is 25.2 Å². The lowest BCUT2D eigenvalue weighted by atomic mass is 10.1. The molecule has 0 unspecified atom stereocenters. The molecule has 1 N–H and O–H groups in total. The molecule has 0 atom stereocenters. The smallest absolute Gasteiger partial charge is 0.322 e. The Morgan fingerprint density at radius 3 is 1.75 bits per heavy atom. The van der Waals surface area contributed by atoms with Gasteiger partial charge in [0.15, 0.2) is 0 Å². The van der Waals surface area contributed by atoms with E-state index in [-0.39, 0.29) is 11.9 Å². The zero-order chi connectivity index (χ0) is 26.0. The minimum atomic E-state index is -0.369. The number of amides is 1. The van der Waals surface area contributed by atoms with Gasteiger partial charge in [-0.3, -0.25) is 9.59 Å². The van der Waals surface area contributed by atoms with Gasteiger partial charge in [0, 0.05) is 19.0 Å². The van der Waals surface area contributed by atoms with Gasteiger partial charge in [0.2, 0.25) is 0 Å². The van der Waals surface area contributed by atoms with Crippen molar-refractivity contribution in [2.24, 2.45) is 0 Å². The van der Waals surface area contributed by atoms with Crippen LogP contribution in [0.25, 0.3) is 0 Å². The molecule has 0 bridgehead atoms. The van der Waals surface area contributed by atoms with E-state index in [0.717, 1.165) is 29.7 Å². The van der Waals surface area contributed by atoms with Gasteiger partial charge in [-0.2, -0.15) is 0 Å². The third kappa shape index (κ3) is 12.2. The Bertz CT molecular complexity index is 881. The zero-order valence-electron chi connectivity index (χ0n) is 22.4. The first-order chi connectivity index (χ1) is 17.5. The summed E-state index contributed by atoms with van der Waals surface area (Å²) in [7, 11) is 1.63. The van der Waals surface area contributed by atoms with Crippen LogP contribution in [-0.2, 0) is 22.7 Å². The summed E-state index contributed by atoms with van der Waals surface area (Å²) in [6.07, 6.45) is 12.8. The Morgan fingerprint density at radius 2 is 1.25 bits per heavy atom. The fourth-order valence-electron chi connectivity index (χ4n) is 4.12. The second kappa shape index (κ2) is 17.6. The fraction of sp³-hybridized carbons (Fsp3) is 0.533. The van der Waals surface area contributed by atoms with E-state index in [1.165, 1.54) is 58.3 Å². The van der Waals surface area contributed by atoms with Gasteiger partial charge in [-0.05, 0) is 41.8 Å². The number of unbranched alkanes of at least 4 members (excludes halogenated alkanes) is 9. The summed E-state index contributed by atoms with van der Waals surface area (Å²) >= 11 is 0. The SMILES string of the molecule is CCCCCCCCCCCCNC(=O)c1ccc(CN(Cc2ccc(OC)cc2)OC(C)=O)cc1. The van der Waals surface area contributed by atoms with Crippen molar-refractivity contribution >= 4 is 11.9 Å². The molecule has 6 nitrogen and oxygen atoms in total. The molecule has 0 aliphatic carbocycles. The Morgan fingerprint density at radius 1 is 0.750 bits per heavy atom. The summed E-state index contributed by atoms with van der Waals surface area (Å²) in [5.41, 5.74) is 2.59. The number of carbonyl (C=O) groups is 2. The molecular formula is C30H44N2O4. The Kier molecular flexibility index (Phi) is 14.3. The Hall–Kier alpha value is -2.86. The number of hydrogen-bond acceptors (Lipinski definition) is 5. The van der Waals surface area contributed by atoms with Crippen LogP contribution in [0.3, 0.4) is 0 Å².